The van der Waals surface area contributed by atoms with E-state index in [1.165, 1.54) is 11.1 Å². The summed E-state index contributed by atoms with van der Waals surface area (Å²) in [5.74, 6) is 0.781. The number of hydrogen-bond donors (Lipinski definition) is 0. The Balaban J connectivity index is 1.92. The summed E-state index contributed by atoms with van der Waals surface area (Å²) < 4.78 is 2.07. The van der Waals surface area contributed by atoms with E-state index in [9.17, 15) is 0 Å². The molecule has 0 aliphatic carbocycles. The summed E-state index contributed by atoms with van der Waals surface area (Å²) in [5.41, 5.74) is 3.28. The van der Waals surface area contributed by atoms with Crippen molar-refractivity contribution in [3.8, 4) is 11.4 Å². The number of hydrogen-bond acceptors (Lipinski definition) is 2. The van der Waals surface area contributed by atoms with E-state index in [-0.39, 0.29) is 0 Å². The van der Waals surface area contributed by atoms with Crippen molar-refractivity contribution in [2.45, 2.75) is 13.1 Å². The van der Waals surface area contributed by atoms with Gasteiger partial charge in [0.2, 0.25) is 0 Å². The highest BCUT2D eigenvalue weighted by Crippen LogP contribution is 2.33. The van der Waals surface area contributed by atoms with Gasteiger partial charge in [0.1, 0.15) is 5.82 Å². The Labute approximate surface area is 152 Å². The molecule has 0 aliphatic rings. The standard InChI is InChI=1S/C19H19Cl2N3/c1-23(2)12-14-5-3-6-15(11-14)13-24-10-9-22-19(24)18-16(20)7-4-8-17(18)21/h3-11H,12-13H2,1-2H3. The summed E-state index contributed by atoms with van der Waals surface area (Å²) in [6.07, 6.45) is 3.73. The highest BCUT2D eigenvalue weighted by Gasteiger charge is 2.14. The molecule has 3 rings (SSSR count). The van der Waals surface area contributed by atoms with E-state index >= 15 is 0 Å². The first-order chi connectivity index (χ1) is 11.5. The Hall–Kier alpha value is -1.81. The van der Waals surface area contributed by atoms with Gasteiger partial charge in [-0.15, -0.1) is 0 Å². The van der Waals surface area contributed by atoms with Gasteiger partial charge in [-0.2, -0.15) is 0 Å². The maximum Gasteiger partial charge on any atom is 0.143 e. The molecule has 0 saturated heterocycles. The quantitative estimate of drug-likeness (QED) is 0.641. The molecule has 0 atom stereocenters. The van der Waals surface area contributed by atoms with E-state index in [0.29, 0.717) is 10.0 Å². The van der Waals surface area contributed by atoms with E-state index in [0.717, 1.165) is 24.5 Å². The fraction of sp³-hybridized carbons (Fsp3) is 0.211. The molecule has 0 saturated carbocycles. The fourth-order valence-electron chi connectivity index (χ4n) is 2.76. The molecule has 3 aromatic rings. The Morgan fingerprint density at radius 3 is 2.38 bits per heavy atom. The first-order valence-corrected chi connectivity index (χ1v) is 8.48. The van der Waals surface area contributed by atoms with Crippen LogP contribution in [-0.2, 0) is 13.1 Å². The molecule has 1 aromatic heterocycles. The van der Waals surface area contributed by atoms with Crippen molar-refractivity contribution in [1.29, 1.82) is 0 Å². The van der Waals surface area contributed by atoms with Crippen molar-refractivity contribution in [2.75, 3.05) is 14.1 Å². The molecule has 0 radical (unpaired) electrons. The lowest BCUT2D eigenvalue weighted by Gasteiger charge is -2.13. The van der Waals surface area contributed by atoms with Crippen LogP contribution in [0.4, 0.5) is 0 Å². The second-order valence-corrected chi connectivity index (χ2v) is 6.85. The molecular weight excluding hydrogens is 341 g/mol. The van der Waals surface area contributed by atoms with Gasteiger partial charge >= 0.3 is 0 Å². The maximum absolute atomic E-state index is 6.34. The van der Waals surface area contributed by atoms with Gasteiger partial charge in [-0.25, -0.2) is 4.98 Å². The molecule has 0 spiro atoms. The molecule has 5 heteroatoms. The monoisotopic (exact) mass is 359 g/mol. The van der Waals surface area contributed by atoms with Gasteiger partial charge in [-0.05, 0) is 37.4 Å². The maximum atomic E-state index is 6.34. The molecule has 24 heavy (non-hydrogen) atoms. The van der Waals surface area contributed by atoms with Crippen molar-refractivity contribution in [3.63, 3.8) is 0 Å². The summed E-state index contributed by atoms with van der Waals surface area (Å²) in [4.78, 5) is 6.62. The van der Waals surface area contributed by atoms with Gasteiger partial charge in [0.25, 0.3) is 0 Å². The van der Waals surface area contributed by atoms with Crippen LogP contribution in [0.3, 0.4) is 0 Å². The lowest BCUT2D eigenvalue weighted by Crippen LogP contribution is -2.11. The van der Waals surface area contributed by atoms with Crippen molar-refractivity contribution in [3.05, 3.63) is 76.0 Å². The Bertz CT molecular complexity index is 820. The highest BCUT2D eigenvalue weighted by molar-refractivity contribution is 6.38. The zero-order valence-electron chi connectivity index (χ0n) is 13.7. The van der Waals surface area contributed by atoms with E-state index in [2.05, 4.69) is 52.8 Å². The van der Waals surface area contributed by atoms with E-state index in [4.69, 9.17) is 23.2 Å². The average molecular weight is 360 g/mol. The van der Waals surface area contributed by atoms with E-state index in [1.54, 1.807) is 6.20 Å². The van der Waals surface area contributed by atoms with Crippen LogP contribution in [0.1, 0.15) is 11.1 Å². The number of benzene rings is 2. The third-order valence-electron chi connectivity index (χ3n) is 3.74. The smallest absolute Gasteiger partial charge is 0.143 e. The molecule has 124 valence electrons. The normalized spacial score (nSPS) is 11.2. The van der Waals surface area contributed by atoms with Gasteiger partial charge in [-0.1, -0.05) is 53.5 Å². The summed E-state index contributed by atoms with van der Waals surface area (Å²) >= 11 is 12.7. The molecular formula is C19H19Cl2N3. The number of nitrogens with zero attached hydrogens (tertiary/aromatic N) is 3. The van der Waals surface area contributed by atoms with Crippen LogP contribution in [0.25, 0.3) is 11.4 Å². The van der Waals surface area contributed by atoms with Crippen LogP contribution in [0, 0.1) is 0 Å². The predicted molar refractivity (Wildman–Crippen MR) is 101 cm³/mol. The van der Waals surface area contributed by atoms with Gasteiger partial charge in [0.05, 0.1) is 15.6 Å². The fourth-order valence-corrected chi connectivity index (χ4v) is 3.33. The van der Waals surface area contributed by atoms with Crippen LogP contribution in [0.5, 0.6) is 0 Å². The minimum atomic E-state index is 0.608. The molecule has 0 aliphatic heterocycles. The second kappa shape index (κ2) is 7.39. The molecule has 0 N–H and O–H groups in total. The van der Waals surface area contributed by atoms with Crippen LogP contribution >= 0.6 is 23.2 Å². The van der Waals surface area contributed by atoms with E-state index in [1.807, 2.05) is 24.4 Å². The van der Waals surface area contributed by atoms with E-state index < -0.39 is 0 Å². The van der Waals surface area contributed by atoms with Crippen LogP contribution in [-0.4, -0.2) is 28.5 Å². The van der Waals surface area contributed by atoms with Gasteiger partial charge in [0.15, 0.2) is 0 Å². The number of halogens is 2. The minimum absolute atomic E-state index is 0.608. The molecule has 2 aromatic carbocycles. The first kappa shape index (κ1) is 17.0. The van der Waals surface area contributed by atoms with Crippen LogP contribution in [0.2, 0.25) is 10.0 Å². The molecule has 0 bridgehead atoms. The third-order valence-corrected chi connectivity index (χ3v) is 4.37. The summed E-state index contributed by atoms with van der Waals surface area (Å²) in [6.45, 7) is 1.64. The summed E-state index contributed by atoms with van der Waals surface area (Å²) in [6, 6.07) is 14.1. The molecule has 1 heterocycles. The Morgan fingerprint density at radius 1 is 1.00 bits per heavy atom. The minimum Gasteiger partial charge on any atom is -0.326 e. The Kier molecular flexibility index (Phi) is 5.24. The molecule has 0 amide bonds. The second-order valence-electron chi connectivity index (χ2n) is 6.03. The number of rotatable bonds is 5. The van der Waals surface area contributed by atoms with Crippen molar-refractivity contribution in [2.24, 2.45) is 0 Å². The topological polar surface area (TPSA) is 21.1 Å². The van der Waals surface area contributed by atoms with Crippen molar-refractivity contribution in [1.82, 2.24) is 14.5 Å². The zero-order chi connectivity index (χ0) is 17.1. The van der Waals surface area contributed by atoms with Crippen LogP contribution in [0.15, 0.2) is 54.9 Å². The lowest BCUT2D eigenvalue weighted by atomic mass is 10.1. The van der Waals surface area contributed by atoms with Gasteiger partial charge < -0.3 is 9.47 Å². The SMILES string of the molecule is CN(C)Cc1cccc(Cn2ccnc2-c2c(Cl)cccc2Cl)c1. The van der Waals surface area contributed by atoms with Gasteiger partial charge in [-0.3, -0.25) is 0 Å². The van der Waals surface area contributed by atoms with Crippen molar-refractivity contribution < 1.29 is 0 Å². The zero-order valence-corrected chi connectivity index (χ0v) is 15.2. The molecule has 0 fully saturated rings. The summed E-state index contributed by atoms with van der Waals surface area (Å²) in [5, 5.41) is 1.22. The first-order valence-electron chi connectivity index (χ1n) is 7.72. The lowest BCUT2D eigenvalue weighted by molar-refractivity contribution is 0.402. The highest BCUT2D eigenvalue weighted by atomic mass is 35.5. The number of aromatic nitrogens is 2. The summed E-state index contributed by atoms with van der Waals surface area (Å²) in [7, 11) is 4.14. The van der Waals surface area contributed by atoms with Crippen molar-refractivity contribution >= 4 is 23.2 Å². The molecule has 3 nitrogen and oxygen atoms in total. The van der Waals surface area contributed by atoms with Crippen LogP contribution < -0.4 is 0 Å². The Morgan fingerprint density at radius 2 is 1.67 bits per heavy atom. The van der Waals surface area contributed by atoms with Gasteiger partial charge in [0, 0.05) is 25.5 Å². The predicted octanol–water partition coefficient (Wildman–Crippen LogP) is 4.97. The largest absolute Gasteiger partial charge is 0.326 e. The molecule has 0 unspecified atom stereocenters. The number of imidazole rings is 1. The average Bonchev–Trinajstić information content (AvgIpc) is 2.95. The third kappa shape index (κ3) is 3.81.